The third-order valence-corrected chi connectivity index (χ3v) is 17.4. The summed E-state index contributed by atoms with van der Waals surface area (Å²) >= 11 is 0. The number of esters is 7. The predicted molar refractivity (Wildman–Crippen MR) is 369 cm³/mol. The second kappa shape index (κ2) is 41.9. The minimum absolute atomic E-state index is 0.0348. The van der Waals surface area contributed by atoms with Gasteiger partial charge in [0, 0.05) is 17.1 Å². The Bertz CT molecular complexity index is 3000. The van der Waals surface area contributed by atoms with Crippen molar-refractivity contribution in [2.45, 2.75) is 297 Å². The second-order valence-corrected chi connectivity index (χ2v) is 29.5. The van der Waals surface area contributed by atoms with E-state index in [1.165, 1.54) is 20.8 Å². The standard InChI is InChI=1S/C11H19FO5.C11H18O8S.C11H20O6.C11H18O4.C8H13FO2.C6H9FO4.C6H10O3.C6H10O2/c1-5-15-9(14)11(4,12)8(13)7-6-16-10(2,3)17-7;1-5-15-9(12)11(4)8(18-20(13,14)19-11)7-6-16-10(2,3)17-7;1-5-15-9(13)11(4,14)8(12)7-6-16-10(2,3)17-7;1-5-13-10(12)8(2)6-9-7-14-11(3,4)15-9;1-4-6-5(2)8(3,9)7(10)11-6;1-6(7)4(9)3(2-8)11-5(6)10;1-6(2)8-4-5(3-7)9-6;1-4-8-6(7)5(2)3/h7-8,13H,5-6H2,1-4H3;7-8H,5-6H2,1-4H3;7-8,12,14H,5-6H2,1-4H3;6,9H,5,7H2,1-4H3;5-6H,4H2,1-3H3;3-4,8-9H,2H2,1H3;3,5H,4H2,1-2H3;2,4H2,1,3H3/b;;;8-6+;;;;/t7-,8-,11-;2*7-,8-,11+;9-;5-,6-,8-;3-,4-,6-;5-;/m1110110./s1. The summed E-state index contributed by atoms with van der Waals surface area (Å²) in [6, 6.07) is 0. The van der Waals surface area contributed by atoms with E-state index in [0.717, 1.165) is 20.1 Å². The van der Waals surface area contributed by atoms with E-state index in [1.54, 1.807) is 117 Å². The first kappa shape index (κ1) is 101. The summed E-state index contributed by atoms with van der Waals surface area (Å²) in [5, 5.41) is 47.2. The van der Waals surface area contributed by atoms with Crippen LogP contribution in [-0.2, 0) is 138 Å². The number of carbonyl (C=O) groups excluding carboxylic acids is 8. The van der Waals surface area contributed by atoms with Crippen LogP contribution in [0, 0.1) is 5.92 Å². The molecule has 5 N–H and O–H groups in total. The number of alkyl halides is 3. The number of carbonyl (C=O) groups is 8. The van der Waals surface area contributed by atoms with Crippen molar-refractivity contribution >= 4 is 58.5 Å². The highest BCUT2D eigenvalue weighted by molar-refractivity contribution is 7.82. The third-order valence-electron chi connectivity index (χ3n) is 16.4. The van der Waals surface area contributed by atoms with E-state index < -0.39 is 153 Å². The molecule has 8 aliphatic rings. The molecule has 34 nitrogen and oxygen atoms in total. The summed E-state index contributed by atoms with van der Waals surface area (Å²) in [5.41, 5.74) is -9.46. The molecule has 38 heteroatoms. The summed E-state index contributed by atoms with van der Waals surface area (Å²) in [6.45, 7) is 43.3. The lowest BCUT2D eigenvalue weighted by Crippen LogP contribution is -2.54. The topological polar surface area (TPSA) is 447 Å². The smallest absolute Gasteiger partial charge is 0.401 e. The van der Waals surface area contributed by atoms with Gasteiger partial charge in [-0.15, -0.1) is 0 Å². The number of halogens is 3. The number of rotatable bonds is 19. The quantitative estimate of drug-likeness (QED) is 0.0514. The first-order chi connectivity index (χ1) is 49.3. The maximum atomic E-state index is 14.1. The zero-order valence-electron chi connectivity index (χ0n) is 66.4. The summed E-state index contributed by atoms with van der Waals surface area (Å²) in [6.07, 6.45) is -6.85. The molecule has 0 amide bonds. The summed E-state index contributed by atoms with van der Waals surface area (Å²) in [5.74, 6) is -9.26. The first-order valence-corrected chi connectivity index (χ1v) is 36.3. The molecule has 8 aliphatic heterocycles. The van der Waals surface area contributed by atoms with Crippen LogP contribution in [0.25, 0.3) is 0 Å². The van der Waals surface area contributed by atoms with E-state index in [4.69, 9.17) is 84.9 Å². The van der Waals surface area contributed by atoms with Gasteiger partial charge in [-0.1, -0.05) is 20.4 Å². The molecule has 8 saturated heterocycles. The van der Waals surface area contributed by atoms with Crippen molar-refractivity contribution in [2.24, 2.45) is 5.92 Å². The SMILES string of the molecule is C=C(C)C(=O)OCC.CC1(C)OC[C@H](C=O)O1.CCOC(=O)/C(C)=C/[C@H]1COC(C)(C)O1.CCOC(=O)[C@@](C)(O)[C@H](O)[C@H]1COC(C)(C)O1.CCOC(=O)[C@@]1(C)OS(=O)(=O)O[C@@H]1[C@H]1COC(C)(C)O1.CCOC(=O)[C@](C)(F)[C@H](O)[C@H]1COC(C)(C)O1.CC[C@H]1OC(=O)[C@](C)(F)[C@@H]1C.C[C@]1(F)C(=O)O[C@H](CO)[C@H]1O. The Hall–Kier alpha value is -5.50. The van der Waals surface area contributed by atoms with Crippen LogP contribution in [0.5, 0.6) is 0 Å². The number of aliphatic hydroxyl groups is 5. The van der Waals surface area contributed by atoms with E-state index in [0.29, 0.717) is 44.0 Å². The van der Waals surface area contributed by atoms with Crippen molar-refractivity contribution in [1.82, 2.24) is 0 Å². The van der Waals surface area contributed by atoms with Gasteiger partial charge in [0.05, 0.1) is 72.7 Å². The normalized spacial score (nSPS) is 32.0. The molecule has 17 atom stereocenters. The van der Waals surface area contributed by atoms with Crippen molar-refractivity contribution in [2.75, 3.05) is 72.7 Å². The van der Waals surface area contributed by atoms with Gasteiger partial charge in [-0.25, -0.2) is 55.1 Å². The molecule has 0 radical (unpaired) electrons. The molecule has 628 valence electrons. The zero-order chi connectivity index (χ0) is 84.0. The average Bonchev–Trinajstić information content (AvgIpc) is 1.60. The van der Waals surface area contributed by atoms with Gasteiger partial charge >= 0.3 is 52.2 Å². The van der Waals surface area contributed by atoms with Crippen molar-refractivity contribution in [3.8, 4) is 0 Å². The molecule has 8 fully saturated rings. The molecule has 0 aromatic heterocycles. The van der Waals surface area contributed by atoms with Crippen LogP contribution in [0.4, 0.5) is 13.2 Å². The highest BCUT2D eigenvalue weighted by Gasteiger charge is 2.62. The van der Waals surface area contributed by atoms with Gasteiger partial charge in [0.1, 0.15) is 61.0 Å². The van der Waals surface area contributed by atoms with Crippen molar-refractivity contribution < 1.29 is 174 Å². The Morgan fingerprint density at radius 2 is 1.01 bits per heavy atom. The second-order valence-electron chi connectivity index (χ2n) is 28.3. The third kappa shape index (κ3) is 30.2. The molecule has 0 aromatic rings. The largest absolute Gasteiger partial charge is 0.464 e. The van der Waals surface area contributed by atoms with Gasteiger partial charge in [0.2, 0.25) is 22.6 Å². The van der Waals surface area contributed by atoms with E-state index in [1.807, 2.05) is 20.8 Å². The maximum Gasteiger partial charge on any atom is 0.401 e. The molecule has 0 bridgehead atoms. The summed E-state index contributed by atoms with van der Waals surface area (Å²) in [4.78, 5) is 88.2. The molecule has 8 rings (SSSR count). The highest BCUT2D eigenvalue weighted by atomic mass is 32.3. The molecule has 108 heavy (non-hydrogen) atoms. The van der Waals surface area contributed by atoms with Crippen LogP contribution in [0.15, 0.2) is 23.8 Å². The van der Waals surface area contributed by atoms with Gasteiger partial charge in [-0.05, 0) is 165 Å². The van der Waals surface area contributed by atoms with E-state index in [2.05, 4.69) is 20.8 Å². The fourth-order valence-electron chi connectivity index (χ4n) is 10.1. The minimum Gasteiger partial charge on any atom is -0.464 e. The Morgan fingerprint density at radius 3 is 1.33 bits per heavy atom. The number of hydrogen-bond acceptors (Lipinski definition) is 34. The minimum atomic E-state index is -4.28. The van der Waals surface area contributed by atoms with E-state index in [-0.39, 0.29) is 75.8 Å². The molecular weight excluding hydrogens is 1470 g/mol. The van der Waals surface area contributed by atoms with E-state index >= 15 is 0 Å². The first-order valence-electron chi connectivity index (χ1n) is 35.0. The van der Waals surface area contributed by atoms with Crippen LogP contribution in [0.1, 0.15) is 173 Å². The summed E-state index contributed by atoms with van der Waals surface area (Å²) in [7, 11) is -4.28. The number of ether oxygens (including phenoxy) is 17. The van der Waals surface area contributed by atoms with Gasteiger partial charge in [0.15, 0.2) is 46.9 Å². The van der Waals surface area contributed by atoms with Crippen molar-refractivity contribution in [3.05, 3.63) is 23.8 Å². The van der Waals surface area contributed by atoms with Gasteiger partial charge in [-0.2, -0.15) is 8.42 Å². The summed E-state index contributed by atoms with van der Waals surface area (Å²) < 4.78 is 159. The maximum absolute atomic E-state index is 14.1. The van der Waals surface area contributed by atoms with Gasteiger partial charge in [0.25, 0.3) is 0 Å². The molecule has 0 aromatic carbocycles. The Balaban J connectivity index is 0.000000627. The van der Waals surface area contributed by atoms with E-state index in [9.17, 15) is 75.3 Å². The molecule has 0 spiro atoms. The average molecular weight is 1590 g/mol. The fourth-order valence-corrected chi connectivity index (χ4v) is 11.3. The Kier molecular flexibility index (Phi) is 39.0. The Labute approximate surface area is 629 Å². The van der Waals surface area contributed by atoms with Crippen LogP contribution >= 0.6 is 0 Å². The Morgan fingerprint density at radius 1 is 0.602 bits per heavy atom. The zero-order valence-corrected chi connectivity index (χ0v) is 67.2. The predicted octanol–water partition coefficient (Wildman–Crippen LogP) is 4.51. The lowest BCUT2D eigenvalue weighted by Gasteiger charge is -2.30. The van der Waals surface area contributed by atoms with Crippen LogP contribution in [-0.4, -0.2) is 279 Å². The number of cyclic esters (lactones) is 2. The van der Waals surface area contributed by atoms with Crippen LogP contribution in [0.3, 0.4) is 0 Å². The van der Waals surface area contributed by atoms with Gasteiger partial charge < -0.3 is 111 Å². The van der Waals surface area contributed by atoms with Crippen molar-refractivity contribution in [3.63, 3.8) is 0 Å². The van der Waals surface area contributed by atoms with Gasteiger partial charge in [-0.3, -0.25) is 0 Å². The number of hydrogen-bond donors (Lipinski definition) is 5. The lowest BCUT2D eigenvalue weighted by molar-refractivity contribution is -0.195. The molecule has 0 aliphatic carbocycles. The van der Waals surface area contributed by atoms with Crippen molar-refractivity contribution in [1.29, 1.82) is 0 Å². The van der Waals surface area contributed by atoms with Crippen LogP contribution < -0.4 is 0 Å². The lowest BCUT2D eigenvalue weighted by atomic mass is 9.90. The monoisotopic (exact) mass is 1590 g/mol. The molecule has 0 saturated carbocycles. The molecular formula is C70H117F3O34S. The number of aldehydes is 1. The number of aliphatic hydroxyl groups excluding tert-OH is 4. The molecule has 0 unspecified atom stereocenters. The van der Waals surface area contributed by atoms with Crippen LogP contribution in [0.2, 0.25) is 0 Å². The highest BCUT2D eigenvalue weighted by Crippen LogP contribution is 2.40. The fraction of sp³-hybridized carbons (Fsp3) is 0.829. The molecule has 8 heterocycles.